The minimum Gasteiger partial charge on any atom is -0.504 e. The fraction of sp³-hybridized carbons (Fsp3) is 0.289. The number of carbonyl (C=O) groups is 4. The van der Waals surface area contributed by atoms with E-state index in [-0.39, 0.29) is 41.5 Å². The maximum absolute atomic E-state index is 14.7. The normalized spacial score (nSPS) is 25.8. The Labute approximate surface area is 319 Å². The predicted octanol–water partition coefficient (Wildman–Crippen LogP) is 7.41. The smallest absolute Gasteiger partial charge is 0.241 e. The Bertz CT molecular complexity index is 2260. The summed E-state index contributed by atoms with van der Waals surface area (Å²) in [6.07, 6.45) is 6.41. The van der Waals surface area contributed by atoms with Crippen molar-refractivity contribution < 1.29 is 38.5 Å². The number of hydrogen-bond acceptors (Lipinski definition) is 8. The second kappa shape index (κ2) is 13.9. The third kappa shape index (κ3) is 5.70. The Morgan fingerprint density at radius 2 is 1.53 bits per heavy atom. The van der Waals surface area contributed by atoms with Crippen LogP contribution >= 0.6 is 0 Å². The van der Waals surface area contributed by atoms with Gasteiger partial charge in [0.05, 0.1) is 55.4 Å². The van der Waals surface area contributed by atoms with Gasteiger partial charge < -0.3 is 19.3 Å². The molecule has 1 saturated carbocycles. The molecule has 2 aliphatic carbocycles. The van der Waals surface area contributed by atoms with Crippen LogP contribution in [0.3, 0.4) is 0 Å². The number of amides is 4. The summed E-state index contributed by atoms with van der Waals surface area (Å²) in [4.78, 5) is 60.4. The van der Waals surface area contributed by atoms with Crippen molar-refractivity contribution in [2.24, 2.45) is 29.1 Å². The molecular formula is C45H42N2O8. The van der Waals surface area contributed by atoms with Gasteiger partial charge in [0.15, 0.2) is 11.5 Å². The van der Waals surface area contributed by atoms with Gasteiger partial charge in [-0.2, -0.15) is 0 Å². The molecular weight excluding hydrogens is 697 g/mol. The Balaban J connectivity index is 1.14. The Morgan fingerprint density at radius 3 is 2.24 bits per heavy atom. The summed E-state index contributed by atoms with van der Waals surface area (Å²) in [6.45, 7) is 3.98. The number of para-hydroxylation sites is 1. The summed E-state index contributed by atoms with van der Waals surface area (Å²) >= 11 is 0. The summed E-state index contributed by atoms with van der Waals surface area (Å²) in [5.41, 5.74) is 3.01. The monoisotopic (exact) mass is 738 g/mol. The molecule has 4 aliphatic rings. The molecule has 0 bridgehead atoms. The van der Waals surface area contributed by atoms with Crippen molar-refractivity contribution in [3.63, 3.8) is 0 Å². The molecule has 0 spiro atoms. The number of ether oxygens (including phenoxy) is 3. The van der Waals surface area contributed by atoms with Gasteiger partial charge in [-0.1, -0.05) is 60.2 Å². The van der Waals surface area contributed by atoms with Crippen molar-refractivity contribution in [3.05, 3.63) is 119 Å². The summed E-state index contributed by atoms with van der Waals surface area (Å²) in [5, 5.41) is 10.6. The van der Waals surface area contributed by atoms with Gasteiger partial charge in [0, 0.05) is 11.5 Å². The number of benzene rings is 4. The van der Waals surface area contributed by atoms with Crippen LogP contribution in [0.5, 0.6) is 23.0 Å². The highest BCUT2D eigenvalue weighted by Gasteiger charge is 2.67. The fourth-order valence-corrected chi connectivity index (χ4v) is 9.34. The number of imide groups is 2. The zero-order chi connectivity index (χ0) is 38.6. The highest BCUT2D eigenvalue weighted by atomic mass is 16.5. The first-order valence-corrected chi connectivity index (χ1v) is 18.6. The van der Waals surface area contributed by atoms with Crippen LogP contribution in [0.4, 0.5) is 11.4 Å². The van der Waals surface area contributed by atoms with Crippen LogP contribution in [0.15, 0.2) is 103 Å². The molecule has 2 aliphatic heterocycles. The van der Waals surface area contributed by atoms with E-state index in [1.165, 1.54) is 9.80 Å². The summed E-state index contributed by atoms with van der Waals surface area (Å²) in [7, 11) is 3.21. The highest BCUT2D eigenvalue weighted by molar-refractivity contribution is 6.25. The molecule has 280 valence electrons. The van der Waals surface area contributed by atoms with Gasteiger partial charge in [0.1, 0.15) is 11.5 Å². The van der Waals surface area contributed by atoms with Gasteiger partial charge in [-0.15, -0.1) is 0 Å². The third-order valence-corrected chi connectivity index (χ3v) is 11.9. The third-order valence-electron chi connectivity index (χ3n) is 11.9. The lowest BCUT2D eigenvalue weighted by Gasteiger charge is -2.49. The molecule has 10 heteroatoms. The lowest BCUT2D eigenvalue weighted by molar-refractivity contribution is -0.131. The molecule has 0 radical (unpaired) electrons. The van der Waals surface area contributed by atoms with Crippen molar-refractivity contribution in [3.8, 4) is 23.0 Å². The summed E-state index contributed by atoms with van der Waals surface area (Å²) < 4.78 is 16.6. The molecule has 8 rings (SSSR count). The number of aromatic hydroxyl groups is 1. The number of anilines is 2. The summed E-state index contributed by atoms with van der Waals surface area (Å²) in [6, 6.07) is 26.7. The minimum atomic E-state index is -1.20. The Hall–Kier alpha value is -6.16. The molecule has 10 nitrogen and oxygen atoms in total. The first kappa shape index (κ1) is 35.8. The van der Waals surface area contributed by atoms with Crippen molar-refractivity contribution in [2.45, 2.75) is 32.6 Å². The quantitative estimate of drug-likeness (QED) is 0.107. The van der Waals surface area contributed by atoms with Crippen LogP contribution in [-0.4, -0.2) is 49.6 Å². The van der Waals surface area contributed by atoms with Crippen LogP contribution in [0.25, 0.3) is 12.2 Å². The van der Waals surface area contributed by atoms with Crippen molar-refractivity contribution >= 4 is 47.2 Å². The molecule has 4 aromatic carbocycles. The van der Waals surface area contributed by atoms with E-state index in [0.717, 1.165) is 16.7 Å². The van der Waals surface area contributed by atoms with Gasteiger partial charge >= 0.3 is 0 Å². The van der Waals surface area contributed by atoms with Gasteiger partial charge in [0.2, 0.25) is 23.6 Å². The number of carbonyl (C=O) groups excluding carboxylic acids is 4. The first-order chi connectivity index (χ1) is 26.6. The molecule has 4 amide bonds. The van der Waals surface area contributed by atoms with Crippen LogP contribution in [0, 0.1) is 29.1 Å². The minimum absolute atomic E-state index is 0.0363. The van der Waals surface area contributed by atoms with E-state index in [2.05, 4.69) is 0 Å². The molecule has 6 atom stereocenters. The van der Waals surface area contributed by atoms with Crippen LogP contribution < -0.4 is 24.0 Å². The van der Waals surface area contributed by atoms with Gasteiger partial charge in [-0.3, -0.25) is 24.1 Å². The van der Waals surface area contributed by atoms with Crippen molar-refractivity contribution in [2.75, 3.05) is 30.6 Å². The second-order valence-corrected chi connectivity index (χ2v) is 14.7. The number of hydrogen-bond donors (Lipinski definition) is 1. The molecule has 6 unspecified atom stereocenters. The fourth-order valence-electron chi connectivity index (χ4n) is 9.34. The van der Waals surface area contributed by atoms with E-state index in [0.29, 0.717) is 41.5 Å². The average Bonchev–Trinajstić information content (AvgIpc) is 3.57. The molecule has 2 saturated heterocycles. The van der Waals surface area contributed by atoms with E-state index >= 15 is 0 Å². The molecule has 55 heavy (non-hydrogen) atoms. The van der Waals surface area contributed by atoms with E-state index in [1.54, 1.807) is 68.8 Å². The zero-order valence-electron chi connectivity index (χ0n) is 31.1. The number of nitrogens with zero attached hydrogens (tertiary/aromatic N) is 2. The van der Waals surface area contributed by atoms with Gasteiger partial charge in [-0.05, 0) is 98.3 Å². The van der Waals surface area contributed by atoms with Gasteiger partial charge in [0.25, 0.3) is 0 Å². The maximum Gasteiger partial charge on any atom is 0.241 e. The topological polar surface area (TPSA) is 123 Å². The number of fused-ring (bicyclic) bond motifs is 4. The van der Waals surface area contributed by atoms with E-state index in [4.69, 9.17) is 14.2 Å². The van der Waals surface area contributed by atoms with Crippen LogP contribution in [0.1, 0.15) is 49.3 Å². The van der Waals surface area contributed by atoms with Gasteiger partial charge in [-0.25, -0.2) is 4.90 Å². The van der Waals surface area contributed by atoms with Crippen LogP contribution in [-0.2, 0) is 19.2 Å². The van der Waals surface area contributed by atoms with Crippen LogP contribution in [0.2, 0.25) is 0 Å². The number of phenolic OH excluding ortho intramolecular Hbond substituents is 1. The highest BCUT2D eigenvalue weighted by Crippen LogP contribution is 2.64. The number of methoxy groups -OCH3 is 2. The second-order valence-electron chi connectivity index (χ2n) is 14.7. The molecule has 3 fully saturated rings. The Morgan fingerprint density at radius 1 is 0.782 bits per heavy atom. The van der Waals surface area contributed by atoms with E-state index in [1.807, 2.05) is 68.5 Å². The molecule has 4 aromatic rings. The lowest BCUT2D eigenvalue weighted by Crippen LogP contribution is -2.48. The number of allylic oxidation sites excluding steroid dienone is 2. The summed E-state index contributed by atoms with van der Waals surface area (Å²) in [5.74, 6) is -2.77. The Kier molecular flexibility index (Phi) is 9.07. The maximum atomic E-state index is 14.7. The SMILES string of the molecule is CCOc1cc(C2C3=CCC4C(=O)N(c5ccc(C=Cc6cc(OC)ccc6OC)cc5)C(=O)C4C3CC3C(=O)N(c4ccccc4)C(=O)C32C)ccc1O. The zero-order valence-corrected chi connectivity index (χ0v) is 31.1. The molecule has 0 aromatic heterocycles. The lowest BCUT2D eigenvalue weighted by atomic mass is 9.51. The number of phenols is 1. The largest absolute Gasteiger partial charge is 0.504 e. The van der Waals surface area contributed by atoms with E-state index < -0.39 is 35.0 Å². The van der Waals surface area contributed by atoms with Crippen molar-refractivity contribution in [1.82, 2.24) is 0 Å². The van der Waals surface area contributed by atoms with Crippen molar-refractivity contribution in [1.29, 1.82) is 0 Å². The number of rotatable bonds is 9. The molecule has 1 N–H and O–H groups in total. The first-order valence-electron chi connectivity index (χ1n) is 18.6. The standard InChI is InChI=1S/C45H42N2O8/c1-5-55-38-24-28(15-21-36(38)48)40-32-19-20-33-39(34(32)25-35-42(50)47(44(52)45(35,40)2)29-9-7-6-8-10-29)43(51)46(41(33)49)30-16-12-26(13-17-30)11-14-27-23-31(53-3)18-22-37(27)54-4/h6-19,21-24,33-35,39-40,48H,5,20,25H2,1-4H3. The molecule has 2 heterocycles. The van der Waals surface area contributed by atoms with E-state index in [9.17, 15) is 24.3 Å². The predicted molar refractivity (Wildman–Crippen MR) is 208 cm³/mol. The average molecular weight is 739 g/mol.